The normalized spacial score (nSPS) is 12.8. The summed E-state index contributed by atoms with van der Waals surface area (Å²) in [4.78, 5) is 0. The summed E-state index contributed by atoms with van der Waals surface area (Å²) >= 11 is 1.94. The fourth-order valence-corrected chi connectivity index (χ4v) is 2.25. The molecule has 0 saturated carbocycles. The summed E-state index contributed by atoms with van der Waals surface area (Å²) in [7, 11) is 0. The molecule has 2 N–H and O–H groups in total. The predicted molar refractivity (Wildman–Crippen MR) is 65.7 cm³/mol. The minimum absolute atomic E-state index is 0.187. The summed E-state index contributed by atoms with van der Waals surface area (Å²) in [6.07, 6.45) is 1.23. The van der Waals surface area contributed by atoms with Crippen molar-refractivity contribution >= 4 is 11.8 Å². The molecule has 0 radical (unpaired) electrons. The third-order valence-corrected chi connectivity index (χ3v) is 3.41. The number of hydrogen-bond acceptors (Lipinski definition) is 2. The molecule has 0 aromatic heterocycles. The van der Waals surface area contributed by atoms with E-state index < -0.39 is 0 Å². The van der Waals surface area contributed by atoms with E-state index in [2.05, 4.69) is 38.1 Å². The molecule has 0 aliphatic heterocycles. The molecule has 78 valence electrons. The van der Waals surface area contributed by atoms with Crippen LogP contribution in [0.25, 0.3) is 0 Å². The highest BCUT2D eigenvalue weighted by Crippen LogP contribution is 2.17. The molecule has 1 atom stereocenters. The van der Waals surface area contributed by atoms with Crippen molar-refractivity contribution in [3.05, 3.63) is 35.4 Å². The van der Waals surface area contributed by atoms with Crippen LogP contribution in [0, 0.1) is 6.92 Å². The first-order valence-corrected chi connectivity index (χ1v) is 6.29. The summed E-state index contributed by atoms with van der Waals surface area (Å²) in [5.41, 5.74) is 8.63. The highest BCUT2D eigenvalue weighted by molar-refractivity contribution is 7.99. The number of hydrogen-bond donors (Lipinski definition) is 1. The number of rotatable bonds is 5. The molecular formula is C12H19NS. The minimum atomic E-state index is 0.187. The summed E-state index contributed by atoms with van der Waals surface area (Å²) < 4.78 is 0. The first kappa shape index (κ1) is 11.6. The molecule has 1 nitrogen and oxygen atoms in total. The van der Waals surface area contributed by atoms with Crippen molar-refractivity contribution in [1.82, 2.24) is 0 Å². The van der Waals surface area contributed by atoms with Gasteiger partial charge in [0.2, 0.25) is 0 Å². The predicted octanol–water partition coefficient (Wildman–Crippen LogP) is 3.14. The highest BCUT2D eigenvalue weighted by atomic mass is 32.2. The van der Waals surface area contributed by atoms with Gasteiger partial charge in [-0.05, 0) is 24.7 Å². The van der Waals surface area contributed by atoms with Crippen molar-refractivity contribution in [2.45, 2.75) is 26.3 Å². The van der Waals surface area contributed by atoms with Gasteiger partial charge in [0.15, 0.2) is 0 Å². The first-order chi connectivity index (χ1) is 6.74. The quantitative estimate of drug-likeness (QED) is 0.754. The van der Waals surface area contributed by atoms with Crippen LogP contribution in [0.15, 0.2) is 24.3 Å². The lowest BCUT2D eigenvalue weighted by atomic mass is 10.1. The SMILES string of the molecule is CCCSCC(N)c1cccc(C)c1. The molecule has 0 bridgehead atoms. The Labute approximate surface area is 91.1 Å². The average molecular weight is 209 g/mol. The summed E-state index contributed by atoms with van der Waals surface area (Å²) in [6.45, 7) is 4.31. The molecule has 1 rings (SSSR count). The van der Waals surface area contributed by atoms with Crippen LogP contribution < -0.4 is 5.73 Å². The number of aryl methyl sites for hydroxylation is 1. The van der Waals surface area contributed by atoms with Crippen molar-refractivity contribution in [2.75, 3.05) is 11.5 Å². The second-order valence-corrected chi connectivity index (χ2v) is 4.75. The van der Waals surface area contributed by atoms with Crippen LogP contribution in [0.3, 0.4) is 0 Å². The van der Waals surface area contributed by atoms with Gasteiger partial charge in [0.05, 0.1) is 0 Å². The van der Waals surface area contributed by atoms with Gasteiger partial charge < -0.3 is 5.73 Å². The molecule has 1 aromatic carbocycles. The zero-order valence-electron chi connectivity index (χ0n) is 8.99. The number of nitrogens with two attached hydrogens (primary N) is 1. The van der Waals surface area contributed by atoms with E-state index in [4.69, 9.17) is 5.73 Å². The first-order valence-electron chi connectivity index (χ1n) is 5.14. The maximum Gasteiger partial charge on any atom is 0.0386 e. The van der Waals surface area contributed by atoms with E-state index in [1.165, 1.54) is 23.3 Å². The van der Waals surface area contributed by atoms with E-state index >= 15 is 0 Å². The molecule has 0 heterocycles. The molecule has 14 heavy (non-hydrogen) atoms. The Hall–Kier alpha value is -0.470. The minimum Gasteiger partial charge on any atom is -0.323 e. The molecule has 0 saturated heterocycles. The highest BCUT2D eigenvalue weighted by Gasteiger charge is 2.04. The maximum absolute atomic E-state index is 6.08. The Balaban J connectivity index is 2.47. The van der Waals surface area contributed by atoms with Crippen LogP contribution in [0.5, 0.6) is 0 Å². The van der Waals surface area contributed by atoms with Gasteiger partial charge in [-0.3, -0.25) is 0 Å². The van der Waals surface area contributed by atoms with Gasteiger partial charge in [-0.2, -0.15) is 11.8 Å². The van der Waals surface area contributed by atoms with E-state index in [-0.39, 0.29) is 6.04 Å². The van der Waals surface area contributed by atoms with Gasteiger partial charge >= 0.3 is 0 Å². The molecule has 0 amide bonds. The van der Waals surface area contributed by atoms with Gasteiger partial charge in [0.25, 0.3) is 0 Å². The molecular weight excluding hydrogens is 190 g/mol. The van der Waals surface area contributed by atoms with E-state index in [0.29, 0.717) is 0 Å². The van der Waals surface area contributed by atoms with Crippen molar-refractivity contribution in [3.63, 3.8) is 0 Å². The zero-order valence-corrected chi connectivity index (χ0v) is 9.81. The summed E-state index contributed by atoms with van der Waals surface area (Å²) in [6, 6.07) is 8.66. The van der Waals surface area contributed by atoms with Crippen molar-refractivity contribution in [1.29, 1.82) is 0 Å². The second-order valence-electron chi connectivity index (χ2n) is 3.60. The fourth-order valence-electron chi connectivity index (χ4n) is 1.35. The average Bonchev–Trinajstić information content (AvgIpc) is 2.18. The zero-order chi connectivity index (χ0) is 10.4. The topological polar surface area (TPSA) is 26.0 Å². The molecule has 1 unspecified atom stereocenters. The molecule has 0 spiro atoms. The van der Waals surface area contributed by atoms with Gasteiger partial charge in [-0.15, -0.1) is 0 Å². The Morgan fingerprint density at radius 1 is 1.43 bits per heavy atom. The lowest BCUT2D eigenvalue weighted by Gasteiger charge is -2.11. The van der Waals surface area contributed by atoms with Gasteiger partial charge in [0, 0.05) is 11.8 Å². The van der Waals surface area contributed by atoms with Crippen LogP contribution in [0.1, 0.15) is 30.5 Å². The molecule has 0 fully saturated rings. The Morgan fingerprint density at radius 3 is 2.86 bits per heavy atom. The third kappa shape index (κ3) is 3.72. The van der Waals surface area contributed by atoms with Crippen LogP contribution in [0.2, 0.25) is 0 Å². The summed E-state index contributed by atoms with van der Waals surface area (Å²) in [5, 5.41) is 0. The smallest absolute Gasteiger partial charge is 0.0386 e. The van der Waals surface area contributed by atoms with E-state index in [1.807, 2.05) is 11.8 Å². The lowest BCUT2D eigenvalue weighted by Crippen LogP contribution is -2.13. The van der Waals surface area contributed by atoms with Crippen molar-refractivity contribution in [2.24, 2.45) is 5.73 Å². The summed E-state index contributed by atoms with van der Waals surface area (Å²) in [5.74, 6) is 2.23. The van der Waals surface area contributed by atoms with Crippen LogP contribution >= 0.6 is 11.8 Å². The van der Waals surface area contributed by atoms with E-state index in [9.17, 15) is 0 Å². The Morgan fingerprint density at radius 2 is 2.21 bits per heavy atom. The number of thioether (sulfide) groups is 1. The molecule has 0 aliphatic rings. The number of benzene rings is 1. The van der Waals surface area contributed by atoms with E-state index in [1.54, 1.807) is 0 Å². The van der Waals surface area contributed by atoms with Crippen LogP contribution in [0.4, 0.5) is 0 Å². The van der Waals surface area contributed by atoms with Gasteiger partial charge in [0.1, 0.15) is 0 Å². The Bertz CT molecular complexity index is 273. The standard InChI is InChI=1S/C12H19NS/c1-3-7-14-9-12(13)11-6-4-5-10(2)8-11/h4-6,8,12H,3,7,9,13H2,1-2H3. The van der Waals surface area contributed by atoms with Crippen molar-refractivity contribution < 1.29 is 0 Å². The van der Waals surface area contributed by atoms with Crippen LogP contribution in [-0.2, 0) is 0 Å². The van der Waals surface area contributed by atoms with Gasteiger partial charge in [-0.25, -0.2) is 0 Å². The second kappa shape index (κ2) is 6.10. The maximum atomic E-state index is 6.08. The molecule has 2 heteroatoms. The monoisotopic (exact) mass is 209 g/mol. The molecule has 0 aliphatic carbocycles. The van der Waals surface area contributed by atoms with Crippen molar-refractivity contribution in [3.8, 4) is 0 Å². The lowest BCUT2D eigenvalue weighted by molar-refractivity contribution is 0.829. The van der Waals surface area contributed by atoms with E-state index in [0.717, 1.165) is 5.75 Å². The van der Waals surface area contributed by atoms with Crippen LogP contribution in [-0.4, -0.2) is 11.5 Å². The fraction of sp³-hybridized carbons (Fsp3) is 0.500. The largest absolute Gasteiger partial charge is 0.323 e. The Kier molecular flexibility index (Phi) is 5.05. The molecule has 1 aromatic rings. The third-order valence-electron chi connectivity index (χ3n) is 2.12. The van der Waals surface area contributed by atoms with Gasteiger partial charge in [-0.1, -0.05) is 36.8 Å².